The zero-order valence-corrected chi connectivity index (χ0v) is 11.1. The van der Waals surface area contributed by atoms with Gasteiger partial charge in [-0.2, -0.15) is 5.26 Å². The van der Waals surface area contributed by atoms with Gasteiger partial charge in [0, 0.05) is 9.92 Å². The highest BCUT2D eigenvalue weighted by atomic mass is 35.5. The molecule has 2 aromatic rings. The molecule has 4 nitrogen and oxygen atoms in total. The van der Waals surface area contributed by atoms with Crippen molar-refractivity contribution in [3.8, 4) is 6.07 Å². The van der Waals surface area contributed by atoms with E-state index in [1.165, 1.54) is 17.8 Å². The van der Waals surface area contributed by atoms with Crippen LogP contribution in [0.4, 0.5) is 5.69 Å². The van der Waals surface area contributed by atoms with Gasteiger partial charge in [0.05, 0.1) is 9.82 Å². The first-order valence-corrected chi connectivity index (χ1v) is 6.42. The Labute approximate surface area is 118 Å². The first kappa shape index (κ1) is 13.4. The van der Waals surface area contributed by atoms with E-state index in [0.29, 0.717) is 9.92 Å². The smallest absolute Gasteiger partial charge is 0.258 e. The van der Waals surface area contributed by atoms with Crippen molar-refractivity contribution in [2.45, 2.75) is 9.79 Å². The van der Waals surface area contributed by atoms with Gasteiger partial charge in [0.1, 0.15) is 11.6 Å². The third-order valence-corrected chi connectivity index (χ3v) is 3.65. The second-order valence-corrected chi connectivity index (χ2v) is 5.13. The highest BCUT2D eigenvalue weighted by Crippen LogP contribution is 2.36. The summed E-state index contributed by atoms with van der Waals surface area (Å²) in [6.07, 6.45) is 0. The average Bonchev–Trinajstić information content (AvgIpc) is 2.40. The topological polar surface area (TPSA) is 66.9 Å². The molecule has 0 unspecified atom stereocenters. The molecule has 0 spiro atoms. The predicted octanol–water partition coefficient (Wildman–Crippen LogP) is 4.27. The summed E-state index contributed by atoms with van der Waals surface area (Å²) in [5.41, 5.74) is -0.103. The number of hydrogen-bond donors (Lipinski definition) is 0. The lowest BCUT2D eigenvalue weighted by Gasteiger charge is -2.04. The van der Waals surface area contributed by atoms with Crippen molar-refractivity contribution < 1.29 is 4.92 Å². The molecule has 0 fully saturated rings. The average molecular weight is 291 g/mol. The summed E-state index contributed by atoms with van der Waals surface area (Å²) in [5, 5.41) is 20.6. The van der Waals surface area contributed by atoms with Crippen LogP contribution in [0.2, 0.25) is 5.02 Å². The van der Waals surface area contributed by atoms with E-state index >= 15 is 0 Å². The maximum atomic E-state index is 11.1. The number of halogens is 1. The molecule has 0 aliphatic rings. The van der Waals surface area contributed by atoms with Crippen molar-refractivity contribution in [1.29, 1.82) is 5.26 Å². The van der Waals surface area contributed by atoms with Gasteiger partial charge >= 0.3 is 5.69 Å². The Morgan fingerprint density at radius 3 is 2.47 bits per heavy atom. The number of hydrogen-bond acceptors (Lipinski definition) is 4. The van der Waals surface area contributed by atoms with Crippen LogP contribution in [0.3, 0.4) is 0 Å². The van der Waals surface area contributed by atoms with Crippen molar-refractivity contribution in [3.63, 3.8) is 0 Å². The van der Waals surface area contributed by atoms with Gasteiger partial charge in [0.15, 0.2) is 0 Å². The highest BCUT2D eigenvalue weighted by Gasteiger charge is 2.20. The van der Waals surface area contributed by atoms with Crippen molar-refractivity contribution in [3.05, 3.63) is 63.2 Å². The Kier molecular flexibility index (Phi) is 4.05. The van der Waals surface area contributed by atoms with E-state index in [1.807, 2.05) is 6.07 Å². The third kappa shape index (κ3) is 3.05. The molecule has 19 heavy (non-hydrogen) atoms. The van der Waals surface area contributed by atoms with Crippen molar-refractivity contribution >= 4 is 29.1 Å². The Bertz CT molecular complexity index is 665. The summed E-state index contributed by atoms with van der Waals surface area (Å²) in [6, 6.07) is 13.5. The number of benzene rings is 2. The van der Waals surface area contributed by atoms with Gasteiger partial charge in [-0.3, -0.25) is 10.1 Å². The molecule has 0 aliphatic carbocycles. The maximum Gasteiger partial charge on any atom is 0.300 e. The zero-order valence-electron chi connectivity index (χ0n) is 9.54. The number of nitro benzene ring substituents is 1. The third-order valence-electron chi connectivity index (χ3n) is 2.34. The molecular weight excluding hydrogens is 284 g/mol. The number of nitriles is 1. The van der Waals surface area contributed by atoms with Gasteiger partial charge in [-0.15, -0.1) is 0 Å². The molecule has 0 saturated heterocycles. The standard InChI is InChI=1S/C13H7ClN2O2S/c14-10-4-6-11(7-5-10)19-12-3-1-2-9(8-15)13(12)16(17)18/h1-7H. The predicted molar refractivity (Wildman–Crippen MR) is 73.4 cm³/mol. The van der Waals surface area contributed by atoms with Crippen LogP contribution < -0.4 is 0 Å². The van der Waals surface area contributed by atoms with E-state index in [0.717, 1.165) is 4.90 Å². The second kappa shape index (κ2) is 5.74. The van der Waals surface area contributed by atoms with Crippen LogP contribution in [-0.2, 0) is 0 Å². The van der Waals surface area contributed by atoms with Crippen LogP contribution in [0.5, 0.6) is 0 Å². The first-order chi connectivity index (χ1) is 9.11. The van der Waals surface area contributed by atoms with E-state index in [9.17, 15) is 10.1 Å². The summed E-state index contributed by atoms with van der Waals surface area (Å²) in [5.74, 6) is 0. The summed E-state index contributed by atoms with van der Waals surface area (Å²) in [7, 11) is 0. The van der Waals surface area contributed by atoms with Gasteiger partial charge in [-0.1, -0.05) is 29.4 Å². The second-order valence-electron chi connectivity index (χ2n) is 3.58. The molecule has 0 atom stereocenters. The Hall–Kier alpha value is -2.03. The minimum atomic E-state index is -0.531. The summed E-state index contributed by atoms with van der Waals surface area (Å²) in [4.78, 5) is 11.8. The molecule has 0 aromatic heterocycles. The van der Waals surface area contributed by atoms with Crippen molar-refractivity contribution in [2.24, 2.45) is 0 Å². The molecule has 0 radical (unpaired) electrons. The molecular formula is C13H7ClN2O2S. The number of rotatable bonds is 3. The van der Waals surface area contributed by atoms with E-state index < -0.39 is 4.92 Å². The normalized spacial score (nSPS) is 9.89. The lowest BCUT2D eigenvalue weighted by molar-refractivity contribution is -0.388. The van der Waals surface area contributed by atoms with Crippen LogP contribution in [0.15, 0.2) is 52.3 Å². The monoisotopic (exact) mass is 290 g/mol. The Morgan fingerprint density at radius 2 is 1.89 bits per heavy atom. The fourth-order valence-electron chi connectivity index (χ4n) is 1.51. The molecule has 2 rings (SSSR count). The molecule has 94 valence electrons. The number of nitro groups is 1. The van der Waals surface area contributed by atoms with Gasteiger partial charge in [0.25, 0.3) is 0 Å². The zero-order chi connectivity index (χ0) is 13.8. The molecule has 6 heteroatoms. The molecule has 0 bridgehead atoms. The lowest BCUT2D eigenvalue weighted by atomic mass is 10.2. The first-order valence-electron chi connectivity index (χ1n) is 5.22. The Balaban J connectivity index is 2.43. The fourth-order valence-corrected chi connectivity index (χ4v) is 2.59. The minimum absolute atomic E-state index is 0.0592. The maximum absolute atomic E-state index is 11.1. The lowest BCUT2D eigenvalue weighted by Crippen LogP contribution is -1.94. The van der Waals surface area contributed by atoms with Crippen LogP contribution in [-0.4, -0.2) is 4.92 Å². The van der Waals surface area contributed by atoms with Gasteiger partial charge in [-0.25, -0.2) is 0 Å². The van der Waals surface area contributed by atoms with Gasteiger partial charge < -0.3 is 0 Å². The molecule has 0 heterocycles. The Morgan fingerprint density at radius 1 is 1.21 bits per heavy atom. The number of para-hydroxylation sites is 1. The molecule has 0 saturated carbocycles. The SMILES string of the molecule is N#Cc1cccc(Sc2ccc(Cl)cc2)c1[N+](=O)[O-]. The van der Waals surface area contributed by atoms with Crippen LogP contribution in [0.25, 0.3) is 0 Å². The van der Waals surface area contributed by atoms with E-state index in [1.54, 1.807) is 36.4 Å². The molecule has 0 N–H and O–H groups in total. The summed E-state index contributed by atoms with van der Waals surface area (Å²) < 4.78 is 0. The van der Waals surface area contributed by atoms with E-state index in [2.05, 4.69) is 0 Å². The minimum Gasteiger partial charge on any atom is -0.258 e. The quantitative estimate of drug-likeness (QED) is 0.625. The van der Waals surface area contributed by atoms with Crippen LogP contribution in [0, 0.1) is 21.4 Å². The molecule has 0 aliphatic heterocycles. The van der Waals surface area contributed by atoms with Crippen molar-refractivity contribution in [2.75, 3.05) is 0 Å². The largest absolute Gasteiger partial charge is 0.300 e. The summed E-state index contributed by atoms with van der Waals surface area (Å²) >= 11 is 7.01. The van der Waals surface area contributed by atoms with Crippen LogP contribution >= 0.6 is 23.4 Å². The van der Waals surface area contributed by atoms with E-state index in [4.69, 9.17) is 16.9 Å². The number of nitrogens with zero attached hydrogens (tertiary/aromatic N) is 2. The van der Waals surface area contributed by atoms with Gasteiger partial charge in [-0.05, 0) is 36.4 Å². The highest BCUT2D eigenvalue weighted by molar-refractivity contribution is 7.99. The van der Waals surface area contributed by atoms with Gasteiger partial charge in [0.2, 0.25) is 0 Å². The molecule has 0 amide bonds. The summed E-state index contributed by atoms with van der Waals surface area (Å²) in [6.45, 7) is 0. The van der Waals surface area contributed by atoms with Crippen molar-refractivity contribution in [1.82, 2.24) is 0 Å². The van der Waals surface area contributed by atoms with E-state index in [-0.39, 0.29) is 11.3 Å². The van der Waals surface area contributed by atoms with Crippen LogP contribution in [0.1, 0.15) is 5.56 Å². The molecule has 2 aromatic carbocycles. The fraction of sp³-hybridized carbons (Fsp3) is 0.